The van der Waals surface area contributed by atoms with E-state index in [0.29, 0.717) is 12.1 Å². The lowest BCUT2D eigenvalue weighted by Crippen LogP contribution is -2.32. The van der Waals surface area contributed by atoms with E-state index in [1.165, 1.54) is 0 Å². The van der Waals surface area contributed by atoms with Crippen LogP contribution in [0.2, 0.25) is 0 Å². The van der Waals surface area contributed by atoms with Crippen molar-refractivity contribution in [1.29, 1.82) is 0 Å². The molecular weight excluding hydrogens is 250 g/mol. The van der Waals surface area contributed by atoms with Crippen molar-refractivity contribution < 1.29 is 4.79 Å². The largest absolute Gasteiger partial charge is 0.352 e. The van der Waals surface area contributed by atoms with Gasteiger partial charge in [0.05, 0.1) is 22.4 Å². The number of nitrogens with zero attached hydrogens (tertiary/aromatic N) is 2. The van der Waals surface area contributed by atoms with Crippen molar-refractivity contribution in [2.24, 2.45) is 5.41 Å². The molecule has 4 nitrogen and oxygen atoms in total. The van der Waals surface area contributed by atoms with Crippen molar-refractivity contribution in [3.63, 3.8) is 0 Å². The molecule has 0 radical (unpaired) electrons. The Balaban J connectivity index is 2.27. The second-order valence-electron chi connectivity index (χ2n) is 6.34. The lowest BCUT2D eigenvalue weighted by atomic mass is 9.97. The number of nitrogens with one attached hydrogen (secondary N) is 1. The van der Waals surface area contributed by atoms with Crippen molar-refractivity contribution in [3.8, 4) is 0 Å². The van der Waals surface area contributed by atoms with E-state index in [1.54, 1.807) is 12.1 Å². The van der Waals surface area contributed by atoms with Gasteiger partial charge < -0.3 is 5.32 Å². The van der Waals surface area contributed by atoms with Gasteiger partial charge in [-0.25, -0.2) is 9.97 Å². The summed E-state index contributed by atoms with van der Waals surface area (Å²) in [6.45, 7) is 10.8. The first kappa shape index (κ1) is 14.4. The average molecular weight is 271 g/mol. The van der Waals surface area contributed by atoms with Crippen LogP contribution >= 0.6 is 0 Å². The molecule has 0 aliphatic rings. The second kappa shape index (κ2) is 5.19. The normalized spacial score (nSPS) is 11.7. The van der Waals surface area contributed by atoms with Crippen LogP contribution in [0.5, 0.6) is 0 Å². The Morgan fingerprint density at radius 3 is 2.30 bits per heavy atom. The molecule has 1 aromatic carbocycles. The Morgan fingerprint density at radius 2 is 1.70 bits per heavy atom. The molecule has 0 unspecified atom stereocenters. The van der Waals surface area contributed by atoms with Crippen LogP contribution in [-0.2, 0) is 0 Å². The summed E-state index contributed by atoms with van der Waals surface area (Å²) in [6.07, 6.45) is 0. The molecule has 1 aromatic heterocycles. The molecule has 0 bridgehead atoms. The van der Waals surface area contributed by atoms with Gasteiger partial charge in [0.25, 0.3) is 5.91 Å². The van der Waals surface area contributed by atoms with Crippen molar-refractivity contribution in [2.45, 2.75) is 34.6 Å². The summed E-state index contributed by atoms with van der Waals surface area (Å²) in [7, 11) is 0. The van der Waals surface area contributed by atoms with Crippen LogP contribution in [0.25, 0.3) is 11.0 Å². The Bertz CT molecular complexity index is 657. The number of aryl methyl sites for hydroxylation is 2. The first-order chi connectivity index (χ1) is 9.26. The van der Waals surface area contributed by atoms with Gasteiger partial charge in [-0.05, 0) is 37.5 Å². The maximum absolute atomic E-state index is 12.1. The van der Waals surface area contributed by atoms with E-state index in [9.17, 15) is 4.79 Å². The second-order valence-corrected chi connectivity index (χ2v) is 6.34. The van der Waals surface area contributed by atoms with Crippen molar-refractivity contribution in [3.05, 3.63) is 35.2 Å². The van der Waals surface area contributed by atoms with Crippen LogP contribution in [-0.4, -0.2) is 22.4 Å². The van der Waals surface area contributed by atoms with E-state index in [4.69, 9.17) is 0 Å². The zero-order valence-corrected chi connectivity index (χ0v) is 12.7. The van der Waals surface area contributed by atoms with Gasteiger partial charge in [0.2, 0.25) is 0 Å². The summed E-state index contributed by atoms with van der Waals surface area (Å²) < 4.78 is 0. The standard InChI is InChI=1S/C16H21N3O/c1-10-11(2)19-14-8-12(6-7-13(14)18-10)15(20)17-9-16(3,4)5/h6-8H,9H2,1-5H3,(H,17,20). The van der Waals surface area contributed by atoms with Crippen LogP contribution in [0.1, 0.15) is 42.5 Å². The van der Waals surface area contributed by atoms with Crippen LogP contribution in [0, 0.1) is 19.3 Å². The van der Waals surface area contributed by atoms with Crippen LogP contribution in [0.3, 0.4) is 0 Å². The van der Waals surface area contributed by atoms with E-state index in [2.05, 4.69) is 36.1 Å². The first-order valence-electron chi connectivity index (χ1n) is 6.79. The van der Waals surface area contributed by atoms with E-state index in [-0.39, 0.29) is 11.3 Å². The van der Waals surface area contributed by atoms with E-state index < -0.39 is 0 Å². The van der Waals surface area contributed by atoms with Gasteiger partial charge in [0.15, 0.2) is 0 Å². The van der Waals surface area contributed by atoms with Gasteiger partial charge in [-0.1, -0.05) is 20.8 Å². The highest BCUT2D eigenvalue weighted by Crippen LogP contribution is 2.15. The van der Waals surface area contributed by atoms with Gasteiger partial charge in [0.1, 0.15) is 0 Å². The molecule has 0 atom stereocenters. The Morgan fingerprint density at radius 1 is 1.10 bits per heavy atom. The zero-order valence-electron chi connectivity index (χ0n) is 12.7. The van der Waals surface area contributed by atoms with Gasteiger partial charge in [0, 0.05) is 12.1 Å². The quantitative estimate of drug-likeness (QED) is 0.913. The number of aromatic nitrogens is 2. The third kappa shape index (κ3) is 3.32. The fraction of sp³-hybridized carbons (Fsp3) is 0.438. The number of benzene rings is 1. The highest BCUT2D eigenvalue weighted by molar-refractivity contribution is 5.97. The number of fused-ring (bicyclic) bond motifs is 1. The summed E-state index contributed by atoms with van der Waals surface area (Å²) in [5.74, 6) is -0.0677. The molecule has 2 rings (SSSR count). The fourth-order valence-electron chi connectivity index (χ4n) is 1.82. The molecule has 0 saturated heterocycles. The minimum absolute atomic E-state index is 0.0677. The number of hydrogen-bond acceptors (Lipinski definition) is 3. The maximum Gasteiger partial charge on any atom is 0.251 e. The van der Waals surface area contributed by atoms with E-state index >= 15 is 0 Å². The summed E-state index contributed by atoms with van der Waals surface area (Å²) >= 11 is 0. The topological polar surface area (TPSA) is 54.9 Å². The SMILES string of the molecule is Cc1nc2ccc(C(=O)NCC(C)(C)C)cc2nc1C. The Hall–Kier alpha value is -1.97. The number of carbonyl (C=O) groups excluding carboxylic acids is 1. The molecule has 0 fully saturated rings. The molecule has 4 heteroatoms. The summed E-state index contributed by atoms with van der Waals surface area (Å²) in [6, 6.07) is 5.44. The molecular formula is C16H21N3O. The Labute approximate surface area is 119 Å². The molecule has 1 heterocycles. The van der Waals surface area contributed by atoms with Crippen molar-refractivity contribution in [1.82, 2.24) is 15.3 Å². The van der Waals surface area contributed by atoms with E-state index in [1.807, 2.05) is 19.9 Å². The number of amides is 1. The van der Waals surface area contributed by atoms with Crippen LogP contribution in [0.4, 0.5) is 0 Å². The third-order valence-corrected chi connectivity index (χ3v) is 3.12. The highest BCUT2D eigenvalue weighted by atomic mass is 16.1. The lowest BCUT2D eigenvalue weighted by Gasteiger charge is -2.18. The Kier molecular flexibility index (Phi) is 3.75. The molecule has 0 spiro atoms. The first-order valence-corrected chi connectivity index (χ1v) is 6.79. The smallest absolute Gasteiger partial charge is 0.251 e. The molecule has 20 heavy (non-hydrogen) atoms. The molecule has 0 aliphatic carbocycles. The maximum atomic E-state index is 12.1. The minimum atomic E-state index is -0.0677. The zero-order chi connectivity index (χ0) is 14.9. The summed E-state index contributed by atoms with van der Waals surface area (Å²) in [5.41, 5.74) is 4.09. The molecule has 1 amide bonds. The molecule has 2 aromatic rings. The van der Waals surface area contributed by atoms with Gasteiger partial charge in [-0.15, -0.1) is 0 Å². The monoisotopic (exact) mass is 271 g/mol. The van der Waals surface area contributed by atoms with Gasteiger partial charge >= 0.3 is 0 Å². The minimum Gasteiger partial charge on any atom is -0.352 e. The van der Waals surface area contributed by atoms with Crippen LogP contribution in [0.15, 0.2) is 18.2 Å². The number of hydrogen-bond donors (Lipinski definition) is 1. The van der Waals surface area contributed by atoms with Crippen LogP contribution < -0.4 is 5.32 Å². The number of carbonyl (C=O) groups is 1. The lowest BCUT2D eigenvalue weighted by molar-refractivity contribution is 0.0939. The van der Waals surface area contributed by atoms with Crippen molar-refractivity contribution in [2.75, 3.05) is 6.54 Å². The number of rotatable bonds is 2. The van der Waals surface area contributed by atoms with Gasteiger partial charge in [-0.2, -0.15) is 0 Å². The fourth-order valence-corrected chi connectivity index (χ4v) is 1.82. The summed E-state index contributed by atoms with van der Waals surface area (Å²) in [5, 5.41) is 2.94. The van der Waals surface area contributed by atoms with E-state index in [0.717, 1.165) is 22.4 Å². The van der Waals surface area contributed by atoms with Gasteiger partial charge in [-0.3, -0.25) is 4.79 Å². The molecule has 106 valence electrons. The average Bonchev–Trinajstić information content (AvgIpc) is 2.36. The van der Waals surface area contributed by atoms with Crippen molar-refractivity contribution >= 4 is 16.9 Å². The molecule has 0 saturated carbocycles. The molecule has 0 aliphatic heterocycles. The summed E-state index contributed by atoms with van der Waals surface area (Å²) in [4.78, 5) is 21.1. The highest BCUT2D eigenvalue weighted by Gasteiger charge is 2.13. The third-order valence-electron chi connectivity index (χ3n) is 3.12. The predicted molar refractivity (Wildman–Crippen MR) is 80.8 cm³/mol. The molecule has 1 N–H and O–H groups in total. The predicted octanol–water partition coefficient (Wildman–Crippen LogP) is 3.02.